The molecule has 118 valence electrons. The molecule has 5 nitrogen and oxygen atoms in total. The maximum absolute atomic E-state index is 11.7. The lowest BCUT2D eigenvalue weighted by molar-refractivity contribution is -0.129. The molecule has 3 N–H and O–H groups in total. The molecular formula is C17H23N3O2. The zero-order valence-corrected chi connectivity index (χ0v) is 13.1. The van der Waals surface area contributed by atoms with Crippen LogP contribution >= 0.6 is 0 Å². The molecule has 0 unspecified atom stereocenters. The first-order valence-electron chi connectivity index (χ1n) is 7.64. The van der Waals surface area contributed by atoms with Gasteiger partial charge in [-0.1, -0.05) is 32.0 Å². The molecule has 2 aromatic rings. The fourth-order valence-corrected chi connectivity index (χ4v) is 2.26. The first-order chi connectivity index (χ1) is 10.6. The van der Waals surface area contributed by atoms with E-state index in [4.69, 9.17) is 0 Å². The first-order valence-corrected chi connectivity index (χ1v) is 7.64. The maximum atomic E-state index is 11.7. The Morgan fingerprint density at radius 2 is 1.86 bits per heavy atom. The Balaban J connectivity index is 1.74. The summed E-state index contributed by atoms with van der Waals surface area (Å²) in [5.74, 6) is -0.0757. The van der Waals surface area contributed by atoms with Gasteiger partial charge in [-0.05, 0) is 24.0 Å². The minimum Gasteiger partial charge on any atom is -0.361 e. The predicted octanol–water partition coefficient (Wildman–Crippen LogP) is 1.99. The number of rotatable bonds is 7. The van der Waals surface area contributed by atoms with Crippen LogP contribution in [0.25, 0.3) is 10.9 Å². The van der Waals surface area contributed by atoms with Crippen molar-refractivity contribution < 1.29 is 9.59 Å². The van der Waals surface area contributed by atoms with Gasteiger partial charge in [0.25, 0.3) is 0 Å². The van der Waals surface area contributed by atoms with Crippen LogP contribution in [0.1, 0.15) is 25.8 Å². The number of carbonyl (C=O) groups is 2. The van der Waals surface area contributed by atoms with Crippen molar-refractivity contribution in [2.75, 3.05) is 13.1 Å². The Morgan fingerprint density at radius 3 is 2.64 bits per heavy atom. The second kappa shape index (κ2) is 7.64. The van der Waals surface area contributed by atoms with Gasteiger partial charge >= 0.3 is 0 Å². The molecule has 0 spiro atoms. The molecule has 0 aliphatic heterocycles. The summed E-state index contributed by atoms with van der Waals surface area (Å²) >= 11 is 0. The van der Waals surface area contributed by atoms with E-state index in [1.807, 2.05) is 38.2 Å². The van der Waals surface area contributed by atoms with Crippen molar-refractivity contribution in [3.8, 4) is 0 Å². The zero-order valence-electron chi connectivity index (χ0n) is 13.1. The van der Waals surface area contributed by atoms with Gasteiger partial charge in [-0.3, -0.25) is 9.59 Å². The standard InChI is InChI=1S/C17H23N3O2/c1-12(2)10-20-17(22)9-16(21)18-8-7-13-11-19-15-6-4-3-5-14(13)15/h3-6,11-12,19H,7-10H2,1-2H3,(H,18,21)(H,20,22). The largest absolute Gasteiger partial charge is 0.361 e. The number of benzene rings is 1. The molecule has 2 rings (SSSR count). The Kier molecular flexibility index (Phi) is 5.58. The molecule has 0 aliphatic rings. The van der Waals surface area contributed by atoms with Crippen molar-refractivity contribution in [1.82, 2.24) is 15.6 Å². The summed E-state index contributed by atoms with van der Waals surface area (Å²) in [5, 5.41) is 6.70. The number of H-pyrrole nitrogens is 1. The third-order valence-electron chi connectivity index (χ3n) is 3.42. The molecule has 0 radical (unpaired) electrons. The Morgan fingerprint density at radius 1 is 1.14 bits per heavy atom. The van der Waals surface area contributed by atoms with E-state index in [0.29, 0.717) is 19.0 Å². The van der Waals surface area contributed by atoms with Crippen molar-refractivity contribution in [3.05, 3.63) is 36.0 Å². The molecule has 0 saturated carbocycles. The van der Waals surface area contributed by atoms with Crippen molar-refractivity contribution in [3.63, 3.8) is 0 Å². The average Bonchev–Trinajstić information content (AvgIpc) is 2.89. The van der Waals surface area contributed by atoms with E-state index in [-0.39, 0.29) is 18.2 Å². The second-order valence-electron chi connectivity index (χ2n) is 5.83. The van der Waals surface area contributed by atoms with Crippen LogP contribution in [0.5, 0.6) is 0 Å². The van der Waals surface area contributed by atoms with Crippen LogP contribution in [0, 0.1) is 5.92 Å². The molecule has 1 aromatic carbocycles. The first kappa shape index (κ1) is 16.1. The van der Waals surface area contributed by atoms with Crippen LogP contribution in [0.3, 0.4) is 0 Å². The number of nitrogens with one attached hydrogen (secondary N) is 3. The lowest BCUT2D eigenvalue weighted by atomic mass is 10.1. The summed E-state index contributed by atoms with van der Waals surface area (Å²) in [6.07, 6.45) is 2.59. The third-order valence-corrected chi connectivity index (χ3v) is 3.42. The van der Waals surface area contributed by atoms with Crippen LogP contribution in [0.15, 0.2) is 30.5 Å². The fourth-order valence-electron chi connectivity index (χ4n) is 2.26. The van der Waals surface area contributed by atoms with Gasteiger partial charge in [0.2, 0.25) is 11.8 Å². The molecule has 2 amide bonds. The van der Waals surface area contributed by atoms with Crippen LogP contribution in [0.4, 0.5) is 0 Å². The molecule has 0 saturated heterocycles. The van der Waals surface area contributed by atoms with E-state index in [1.54, 1.807) is 0 Å². The average molecular weight is 301 g/mol. The maximum Gasteiger partial charge on any atom is 0.229 e. The quantitative estimate of drug-likeness (QED) is 0.684. The molecule has 22 heavy (non-hydrogen) atoms. The van der Waals surface area contributed by atoms with E-state index < -0.39 is 0 Å². The minimum absolute atomic E-state index is 0.111. The highest BCUT2D eigenvalue weighted by Crippen LogP contribution is 2.17. The summed E-state index contributed by atoms with van der Waals surface area (Å²) < 4.78 is 0. The summed E-state index contributed by atoms with van der Waals surface area (Å²) in [5.41, 5.74) is 2.26. The Bertz CT molecular complexity index is 646. The predicted molar refractivity (Wildman–Crippen MR) is 87.5 cm³/mol. The molecule has 0 atom stereocenters. The van der Waals surface area contributed by atoms with Gasteiger partial charge < -0.3 is 15.6 Å². The van der Waals surface area contributed by atoms with Crippen LogP contribution in [-0.4, -0.2) is 29.9 Å². The van der Waals surface area contributed by atoms with E-state index in [9.17, 15) is 9.59 Å². The summed E-state index contributed by atoms with van der Waals surface area (Å²) in [7, 11) is 0. The molecule has 1 aromatic heterocycles. The van der Waals surface area contributed by atoms with Crippen LogP contribution < -0.4 is 10.6 Å². The number of aromatic amines is 1. The summed E-state index contributed by atoms with van der Waals surface area (Å²) in [6, 6.07) is 8.07. The molecule has 0 fully saturated rings. The molecule has 5 heteroatoms. The van der Waals surface area contributed by atoms with Gasteiger partial charge in [0.1, 0.15) is 6.42 Å². The van der Waals surface area contributed by atoms with Gasteiger partial charge in [0.15, 0.2) is 0 Å². The number of para-hydroxylation sites is 1. The molecular weight excluding hydrogens is 278 g/mol. The van der Waals surface area contributed by atoms with Crippen molar-refractivity contribution in [2.24, 2.45) is 5.92 Å². The zero-order chi connectivity index (χ0) is 15.9. The fraction of sp³-hybridized carbons (Fsp3) is 0.412. The van der Waals surface area contributed by atoms with Gasteiger partial charge in [0, 0.05) is 30.2 Å². The lowest BCUT2D eigenvalue weighted by Crippen LogP contribution is -2.34. The highest BCUT2D eigenvalue weighted by Gasteiger charge is 2.09. The molecule has 0 aliphatic carbocycles. The SMILES string of the molecule is CC(C)CNC(=O)CC(=O)NCCc1c[nH]c2ccccc12. The highest BCUT2D eigenvalue weighted by molar-refractivity contribution is 5.96. The van der Waals surface area contributed by atoms with Crippen LogP contribution in [-0.2, 0) is 16.0 Å². The number of carbonyl (C=O) groups excluding carboxylic acids is 2. The minimum atomic E-state index is -0.235. The summed E-state index contributed by atoms with van der Waals surface area (Å²) in [4.78, 5) is 26.5. The van der Waals surface area contributed by atoms with Crippen LogP contribution in [0.2, 0.25) is 0 Å². The monoisotopic (exact) mass is 301 g/mol. The van der Waals surface area contributed by atoms with Crippen molar-refractivity contribution in [2.45, 2.75) is 26.7 Å². The van der Waals surface area contributed by atoms with Gasteiger partial charge in [-0.2, -0.15) is 0 Å². The number of amides is 2. The number of fused-ring (bicyclic) bond motifs is 1. The van der Waals surface area contributed by atoms with Gasteiger partial charge in [0.05, 0.1) is 0 Å². The Labute approximate surface area is 130 Å². The van der Waals surface area contributed by atoms with E-state index in [1.165, 1.54) is 10.9 Å². The van der Waals surface area contributed by atoms with E-state index in [2.05, 4.69) is 21.7 Å². The van der Waals surface area contributed by atoms with Gasteiger partial charge in [-0.15, -0.1) is 0 Å². The number of hydrogen-bond acceptors (Lipinski definition) is 2. The third kappa shape index (κ3) is 4.62. The number of hydrogen-bond donors (Lipinski definition) is 3. The second-order valence-corrected chi connectivity index (χ2v) is 5.83. The molecule has 0 bridgehead atoms. The normalized spacial score (nSPS) is 10.9. The lowest BCUT2D eigenvalue weighted by Gasteiger charge is -2.08. The van der Waals surface area contributed by atoms with Crippen molar-refractivity contribution in [1.29, 1.82) is 0 Å². The van der Waals surface area contributed by atoms with E-state index >= 15 is 0 Å². The Hall–Kier alpha value is -2.30. The number of aromatic nitrogens is 1. The highest BCUT2D eigenvalue weighted by atomic mass is 16.2. The van der Waals surface area contributed by atoms with E-state index in [0.717, 1.165) is 11.9 Å². The molecule has 1 heterocycles. The van der Waals surface area contributed by atoms with Gasteiger partial charge in [-0.25, -0.2) is 0 Å². The summed E-state index contributed by atoms with van der Waals surface area (Å²) in [6.45, 7) is 5.16. The topological polar surface area (TPSA) is 74.0 Å². The van der Waals surface area contributed by atoms with Crippen molar-refractivity contribution >= 4 is 22.7 Å². The smallest absolute Gasteiger partial charge is 0.229 e.